The summed E-state index contributed by atoms with van der Waals surface area (Å²) >= 11 is 0. The van der Waals surface area contributed by atoms with Gasteiger partial charge in [0.05, 0.1) is 0 Å². The van der Waals surface area contributed by atoms with Crippen molar-refractivity contribution in [2.45, 2.75) is 67.0 Å². The second-order valence-corrected chi connectivity index (χ2v) is 8.11. The fourth-order valence-electron chi connectivity index (χ4n) is 1.95. The van der Waals surface area contributed by atoms with Crippen LogP contribution < -0.4 is 0 Å². The molecule has 3 rings (SSSR count). The van der Waals surface area contributed by atoms with E-state index >= 15 is 0 Å². The van der Waals surface area contributed by atoms with Crippen LogP contribution in [0.1, 0.15) is 53.9 Å². The quantitative estimate of drug-likeness (QED) is 0.238. The zero-order valence-corrected chi connectivity index (χ0v) is 23.2. The van der Waals surface area contributed by atoms with E-state index in [2.05, 4.69) is 102 Å². The number of hydrogen-bond donors (Lipinski definition) is 0. The van der Waals surface area contributed by atoms with Gasteiger partial charge in [0.1, 0.15) is 0 Å². The summed E-state index contributed by atoms with van der Waals surface area (Å²) in [6, 6.07) is 0. The Hall–Kier alpha value is 0.120. The summed E-state index contributed by atoms with van der Waals surface area (Å²) in [7, 11) is 0.750. The van der Waals surface area contributed by atoms with Crippen LogP contribution in [-0.2, 0) is 26.2 Å². The minimum absolute atomic E-state index is 0. The molecule has 0 aromatic carbocycles. The standard InChI is InChI=1S/C9H13.2C6H7.C2H7Si.2ClH.Zr/c1-9(2,3)8-6-4-5-7-8;2*1-6-4-2-3-5-6;1-3-2;;;/h4,6H,5H2,1-3H3;2*2,4H,3H2,1H3;3H,1-2H3;2*1H;/q3*-1;;;;+3. The summed E-state index contributed by atoms with van der Waals surface area (Å²) in [4.78, 5) is 0. The number of rotatable bonds is 0. The van der Waals surface area contributed by atoms with Crippen molar-refractivity contribution in [1.82, 2.24) is 0 Å². The second kappa shape index (κ2) is 20.8. The Bertz CT molecular complexity index is 500. The van der Waals surface area contributed by atoms with Crippen LogP contribution in [0.5, 0.6) is 0 Å². The molecule has 150 valence electrons. The molecular formula is C23H36Cl2SiZr. The van der Waals surface area contributed by atoms with Crippen molar-refractivity contribution in [3.8, 4) is 0 Å². The molecule has 4 heteroatoms. The number of halogens is 2. The summed E-state index contributed by atoms with van der Waals surface area (Å²) in [5.41, 5.74) is 4.19. The van der Waals surface area contributed by atoms with Crippen LogP contribution in [0.2, 0.25) is 13.1 Å². The van der Waals surface area contributed by atoms with Gasteiger partial charge in [0, 0.05) is 9.52 Å². The van der Waals surface area contributed by atoms with E-state index in [9.17, 15) is 0 Å². The Morgan fingerprint density at radius 1 is 0.741 bits per heavy atom. The molecule has 3 aliphatic carbocycles. The molecule has 2 radical (unpaired) electrons. The fourth-order valence-corrected chi connectivity index (χ4v) is 1.95. The Morgan fingerprint density at radius 2 is 1.07 bits per heavy atom. The van der Waals surface area contributed by atoms with Gasteiger partial charge in [-0.3, -0.25) is 18.2 Å². The van der Waals surface area contributed by atoms with Crippen molar-refractivity contribution in [3.05, 3.63) is 71.4 Å². The predicted molar refractivity (Wildman–Crippen MR) is 126 cm³/mol. The molecule has 0 aliphatic heterocycles. The van der Waals surface area contributed by atoms with Crippen LogP contribution in [-0.4, -0.2) is 9.52 Å². The summed E-state index contributed by atoms with van der Waals surface area (Å²) < 4.78 is 0. The first-order valence-corrected chi connectivity index (χ1v) is 11.1. The third-order valence-electron chi connectivity index (χ3n) is 3.24. The Labute approximate surface area is 203 Å². The van der Waals surface area contributed by atoms with Gasteiger partial charge in [-0.15, -0.1) is 44.1 Å². The SMILES string of the molecule is CC(C)(C)C1=[C-]CC=C1.CC1=[C-]CC=C1.CC1=[C-]CC=C1.C[SiH]C.Cl.Cl.[Zr+3]. The molecule has 0 N–H and O–H groups in total. The molecular weight excluding hydrogens is 466 g/mol. The second-order valence-electron chi connectivity index (χ2n) is 6.96. The molecule has 0 spiro atoms. The predicted octanol–water partition coefficient (Wildman–Crippen LogP) is 7.47. The third-order valence-corrected chi connectivity index (χ3v) is 3.24. The topological polar surface area (TPSA) is 0 Å². The van der Waals surface area contributed by atoms with Gasteiger partial charge in [-0.05, 0) is 5.41 Å². The minimum Gasteiger partial charge on any atom is -0.270 e. The van der Waals surface area contributed by atoms with Crippen LogP contribution >= 0.6 is 24.8 Å². The van der Waals surface area contributed by atoms with Crippen molar-refractivity contribution in [1.29, 1.82) is 0 Å². The number of hydrogen-bond acceptors (Lipinski definition) is 0. The van der Waals surface area contributed by atoms with Crippen LogP contribution in [0.15, 0.2) is 53.2 Å². The molecule has 0 bridgehead atoms. The van der Waals surface area contributed by atoms with Crippen LogP contribution in [0.3, 0.4) is 0 Å². The van der Waals surface area contributed by atoms with Gasteiger partial charge < -0.3 is 0 Å². The molecule has 0 nitrogen and oxygen atoms in total. The van der Waals surface area contributed by atoms with E-state index in [1.807, 2.05) is 0 Å². The van der Waals surface area contributed by atoms with Crippen molar-refractivity contribution in [3.63, 3.8) is 0 Å². The third kappa shape index (κ3) is 20.7. The van der Waals surface area contributed by atoms with E-state index in [0.29, 0.717) is 5.41 Å². The van der Waals surface area contributed by atoms with E-state index in [1.54, 1.807) is 0 Å². The van der Waals surface area contributed by atoms with Gasteiger partial charge in [0.2, 0.25) is 0 Å². The average Bonchev–Trinajstić information content (AvgIpc) is 3.21. The van der Waals surface area contributed by atoms with E-state index in [1.165, 1.54) is 16.7 Å². The molecule has 3 aliphatic rings. The summed E-state index contributed by atoms with van der Waals surface area (Å²) in [5, 5.41) is 0. The molecule has 0 amide bonds. The van der Waals surface area contributed by atoms with Crippen molar-refractivity contribution in [2.75, 3.05) is 0 Å². The largest absolute Gasteiger partial charge is 3.00 e. The minimum atomic E-state index is 0. The van der Waals surface area contributed by atoms with E-state index in [0.717, 1.165) is 28.8 Å². The number of allylic oxidation sites excluding steroid dienone is 12. The average molecular weight is 503 g/mol. The first kappa shape index (κ1) is 34.6. The normalized spacial score (nSPS) is 15.0. The van der Waals surface area contributed by atoms with Crippen LogP contribution in [0.4, 0.5) is 0 Å². The molecule has 0 unspecified atom stereocenters. The smallest absolute Gasteiger partial charge is 0.270 e. The molecule has 0 fully saturated rings. The summed E-state index contributed by atoms with van der Waals surface area (Å²) in [6.07, 6.45) is 25.3. The van der Waals surface area contributed by atoms with Gasteiger partial charge in [-0.1, -0.05) is 47.7 Å². The Kier molecular flexibility index (Phi) is 26.7. The van der Waals surface area contributed by atoms with Gasteiger partial charge >= 0.3 is 26.2 Å². The van der Waals surface area contributed by atoms with Gasteiger partial charge in [0.25, 0.3) is 0 Å². The Balaban J connectivity index is -0.000000133. The van der Waals surface area contributed by atoms with E-state index in [4.69, 9.17) is 0 Å². The van der Waals surface area contributed by atoms with Crippen molar-refractivity contribution < 1.29 is 26.2 Å². The Morgan fingerprint density at radius 3 is 1.19 bits per heavy atom. The van der Waals surface area contributed by atoms with Crippen LogP contribution in [0, 0.1) is 23.6 Å². The van der Waals surface area contributed by atoms with E-state index in [-0.39, 0.29) is 51.0 Å². The van der Waals surface area contributed by atoms with E-state index < -0.39 is 0 Å². The monoisotopic (exact) mass is 500 g/mol. The molecule has 0 saturated heterocycles. The molecule has 0 aromatic heterocycles. The maximum absolute atomic E-state index is 3.30. The van der Waals surface area contributed by atoms with Crippen molar-refractivity contribution >= 4 is 34.3 Å². The van der Waals surface area contributed by atoms with Crippen LogP contribution in [0.25, 0.3) is 0 Å². The first-order valence-electron chi connectivity index (χ1n) is 8.81. The van der Waals surface area contributed by atoms with Gasteiger partial charge in [-0.2, -0.15) is 18.2 Å². The zero-order valence-electron chi connectivity index (χ0n) is 18.0. The summed E-state index contributed by atoms with van der Waals surface area (Å²) in [5.74, 6) is 0. The van der Waals surface area contributed by atoms with Gasteiger partial charge in [0.15, 0.2) is 0 Å². The summed E-state index contributed by atoms with van der Waals surface area (Å²) in [6.45, 7) is 15.2. The molecule has 0 aromatic rings. The maximum Gasteiger partial charge on any atom is 3.00 e. The first-order chi connectivity index (χ1) is 11.3. The molecule has 27 heavy (non-hydrogen) atoms. The van der Waals surface area contributed by atoms with Crippen molar-refractivity contribution in [2.24, 2.45) is 5.41 Å². The maximum atomic E-state index is 3.30. The molecule has 0 atom stereocenters. The molecule has 0 saturated carbocycles. The molecule has 0 heterocycles. The van der Waals surface area contributed by atoms with Gasteiger partial charge in [-0.25, -0.2) is 34.9 Å². The zero-order chi connectivity index (χ0) is 18.4. The fraction of sp³-hybridized carbons (Fsp3) is 0.478.